The number of nitrogens with zero attached hydrogens (tertiary/aromatic N) is 16. The molecule has 11 aliphatic rings. The van der Waals surface area contributed by atoms with Crippen molar-refractivity contribution < 1.29 is 42.8 Å². The molecule has 7 fully saturated rings. The van der Waals surface area contributed by atoms with E-state index in [0.29, 0.717) is 86.9 Å². The average molecular weight is 1420 g/mol. The van der Waals surface area contributed by atoms with Crippen molar-refractivity contribution in [3.8, 4) is 23.0 Å². The van der Waals surface area contributed by atoms with E-state index in [9.17, 15) is 14.4 Å². The minimum atomic E-state index is -0.488. The van der Waals surface area contributed by atoms with Gasteiger partial charge in [-0.3, -0.25) is 42.5 Å². The monoisotopic (exact) mass is 1420 g/mol. The van der Waals surface area contributed by atoms with Gasteiger partial charge in [-0.1, -0.05) is 83.1 Å². The lowest BCUT2D eigenvalue weighted by Crippen LogP contribution is -2.61. The second kappa shape index (κ2) is 25.1. The Hall–Kier alpha value is -6.84. The molecule has 6 aromatic rings. The van der Waals surface area contributed by atoms with Gasteiger partial charge in [-0.05, 0) is 101 Å². The van der Waals surface area contributed by atoms with Crippen molar-refractivity contribution in [3.63, 3.8) is 0 Å². The van der Waals surface area contributed by atoms with Crippen LogP contribution >= 0.6 is 0 Å². The SMILES string of the molecule is CN(C)C=NC(=O)c1c2c(nn1C)[C@@]1(C)CCC3(OCCO3)C(C)(C)[C@@H]1CC2.Cn1cnc(-c2c3c(nn2C)[C@@]2(C)CCC(=O)C(C)(C)[C@@H]2CC3)n1.Cn1cnc(-c2c3c(nn2C)[C@@]2(C)CCC4(OCCO4)C(C)(C)[C@@H]2CC3)n1.Cn1nc2c(c1C(N)=O)CC[C@H]1C(C)(C)C3(CC[C@]21C)OCCO3. The van der Waals surface area contributed by atoms with E-state index in [2.05, 4.69) is 108 Å². The van der Waals surface area contributed by atoms with Crippen LogP contribution < -0.4 is 5.73 Å². The summed E-state index contributed by atoms with van der Waals surface area (Å²) in [6.07, 6.45) is 19.8. The number of ketones is 1. The van der Waals surface area contributed by atoms with Gasteiger partial charge in [-0.2, -0.15) is 25.4 Å². The average Bonchev–Trinajstić information content (AvgIpc) is 1.70. The molecule has 103 heavy (non-hydrogen) atoms. The summed E-state index contributed by atoms with van der Waals surface area (Å²) >= 11 is 0. The summed E-state index contributed by atoms with van der Waals surface area (Å²) in [7, 11) is 15.2. The normalized spacial score (nSPS) is 30.8. The van der Waals surface area contributed by atoms with Crippen LogP contribution in [0.2, 0.25) is 0 Å². The fourth-order valence-electron chi connectivity index (χ4n) is 23.0. The number of carbonyl (C=O) groups excluding carboxylic acids is 3. The van der Waals surface area contributed by atoms with Gasteiger partial charge in [0, 0.05) is 148 Å². The van der Waals surface area contributed by atoms with Crippen molar-refractivity contribution in [3.05, 3.63) is 69.1 Å². The first-order valence-corrected chi connectivity index (χ1v) is 37.8. The Kier molecular flexibility index (Phi) is 17.8. The second-order valence-corrected chi connectivity index (χ2v) is 35.3. The molecule has 4 saturated carbocycles. The molecule has 0 radical (unpaired) electrons. The van der Waals surface area contributed by atoms with Gasteiger partial charge in [-0.15, -0.1) is 10.2 Å². The van der Waals surface area contributed by atoms with Crippen molar-refractivity contribution in [1.82, 2.24) is 73.6 Å². The van der Waals surface area contributed by atoms with Gasteiger partial charge in [0.15, 0.2) is 29.0 Å². The predicted molar refractivity (Wildman–Crippen MR) is 385 cm³/mol. The maximum Gasteiger partial charge on any atom is 0.296 e. The fraction of sp³-hybridized carbons (Fsp3) is 0.740. The molecule has 26 heteroatoms. The number of hydrogen-bond donors (Lipinski definition) is 1. The van der Waals surface area contributed by atoms with E-state index < -0.39 is 17.4 Å². The molecule has 0 bridgehead atoms. The second-order valence-electron chi connectivity index (χ2n) is 35.3. The van der Waals surface area contributed by atoms with Crippen LogP contribution in [0, 0.1) is 45.3 Å². The zero-order chi connectivity index (χ0) is 74.0. The van der Waals surface area contributed by atoms with Crippen LogP contribution in [-0.4, -0.2) is 169 Å². The third-order valence-electron chi connectivity index (χ3n) is 28.2. The van der Waals surface area contributed by atoms with Gasteiger partial charge in [0.2, 0.25) is 0 Å². The van der Waals surface area contributed by atoms with Gasteiger partial charge >= 0.3 is 0 Å². The Morgan fingerprint density at radius 2 is 0.786 bits per heavy atom. The highest BCUT2D eigenvalue weighted by Gasteiger charge is 2.68. The largest absolute Gasteiger partial charge is 0.369 e. The number of aromatic nitrogens is 14. The van der Waals surface area contributed by atoms with E-state index in [-0.39, 0.29) is 55.1 Å². The summed E-state index contributed by atoms with van der Waals surface area (Å²) in [4.78, 5) is 51.9. The highest BCUT2D eigenvalue weighted by Crippen LogP contribution is 2.66. The first kappa shape index (κ1) is 73.1. The number of amides is 2. The van der Waals surface area contributed by atoms with Gasteiger partial charge in [0.1, 0.15) is 41.2 Å². The van der Waals surface area contributed by atoms with Crippen molar-refractivity contribution in [1.29, 1.82) is 0 Å². The van der Waals surface area contributed by atoms with Crippen molar-refractivity contribution >= 4 is 23.9 Å². The first-order valence-electron chi connectivity index (χ1n) is 37.8. The maximum absolute atomic E-state index is 12.8. The molecule has 3 saturated heterocycles. The quantitative estimate of drug-likeness (QED) is 0.124. The van der Waals surface area contributed by atoms with Crippen LogP contribution in [0.15, 0.2) is 17.6 Å². The molecule has 2 N–H and O–H groups in total. The molecule has 8 atom stereocenters. The lowest BCUT2D eigenvalue weighted by Gasteiger charge is -2.59. The minimum Gasteiger partial charge on any atom is -0.369 e. The molecule has 9 heterocycles. The third kappa shape index (κ3) is 10.9. The fourth-order valence-corrected chi connectivity index (χ4v) is 23.0. The van der Waals surface area contributed by atoms with E-state index in [1.807, 2.05) is 65.7 Å². The van der Waals surface area contributed by atoms with Crippen LogP contribution in [0.3, 0.4) is 0 Å². The molecular formula is C77H113N17O9. The molecular weight excluding hydrogens is 1310 g/mol. The summed E-state index contributed by atoms with van der Waals surface area (Å²) in [5.41, 5.74) is 17.3. The Labute approximate surface area is 606 Å². The number of ether oxygens (including phenoxy) is 6. The molecule has 8 aliphatic carbocycles. The number of nitrogens with two attached hydrogens (primary N) is 1. The molecule has 560 valence electrons. The number of hydrogen-bond acceptors (Lipinski definition) is 17. The highest BCUT2D eigenvalue weighted by atomic mass is 16.7. The molecule has 0 aromatic carbocycles. The van der Waals surface area contributed by atoms with Crippen LogP contribution in [-0.2, 0) is 123 Å². The van der Waals surface area contributed by atoms with Crippen molar-refractivity contribution in [2.75, 3.05) is 53.7 Å². The number of Topliss-reactive ketones (excluding diaryl/α,β-unsaturated/α-hetero) is 1. The number of aliphatic imine (C=N–C) groups is 1. The number of primary amides is 1. The molecule has 3 aliphatic heterocycles. The number of carbonyl (C=O) groups is 3. The number of aryl methyl sites for hydroxylation is 6. The lowest BCUT2D eigenvalue weighted by atomic mass is 9.49. The number of fused-ring (bicyclic) bond motifs is 12. The molecule has 6 aromatic heterocycles. The van der Waals surface area contributed by atoms with Gasteiger partial charge in [-0.25, -0.2) is 9.97 Å². The van der Waals surface area contributed by atoms with E-state index in [0.717, 1.165) is 148 Å². The zero-order valence-corrected chi connectivity index (χ0v) is 65.0. The summed E-state index contributed by atoms with van der Waals surface area (Å²) in [5.74, 6) is 1.47. The Bertz CT molecular complexity index is 4330. The van der Waals surface area contributed by atoms with E-state index >= 15 is 0 Å². The Morgan fingerprint density at radius 3 is 1.15 bits per heavy atom. The lowest BCUT2D eigenvalue weighted by molar-refractivity contribution is -0.276. The van der Waals surface area contributed by atoms with Crippen LogP contribution in [0.1, 0.15) is 226 Å². The van der Waals surface area contributed by atoms with Crippen LogP contribution in [0.4, 0.5) is 0 Å². The smallest absolute Gasteiger partial charge is 0.296 e. The third-order valence-corrected chi connectivity index (χ3v) is 28.2. The van der Waals surface area contributed by atoms with Gasteiger partial charge in [0.05, 0.1) is 68.8 Å². The highest BCUT2D eigenvalue weighted by molar-refractivity contribution is 5.99. The topological polar surface area (TPSA) is 281 Å². The van der Waals surface area contributed by atoms with Crippen LogP contribution in [0.5, 0.6) is 0 Å². The van der Waals surface area contributed by atoms with E-state index in [1.54, 1.807) is 42.6 Å². The molecule has 2 amide bonds. The predicted octanol–water partition coefficient (Wildman–Crippen LogP) is 9.46. The molecule has 0 unspecified atom stereocenters. The maximum atomic E-state index is 12.8. The zero-order valence-electron chi connectivity index (χ0n) is 65.0. The Morgan fingerprint density at radius 1 is 0.456 bits per heavy atom. The standard InChI is InChI=1S/C21H32N4O3.C20H29N5O2.C18H25N5O.C18H27N3O3/c1-19(2)15-8-7-14-16(18(26)22-13-24(4)5)25(6)23-17(14)20(15,3)9-10-21(19)27-11-12-28-21;1-18(2)14-7-6-13-15(17-21-12-24(4)23-17)25(5)22-16(13)19(14,3)8-9-20(18)26-10-11-27-20;1-17(2)12-7-6-11-14(16-19-10-22(4)21-16)23(5)20-15(11)18(12,3)9-8-13(17)24;1-16(2)12-6-5-11-13(15(19)22)21(4)20-14(11)17(12,3)7-8-18(16)23-9-10-24-18/h13,15H,7-12H2,1-6H3;12,14H,6-11H2,1-5H3;10,12H,6-9H2,1-5H3;12H,5-10H2,1-4H3,(H2,19,22)/t15-,20-;14-,19-;12-,18-;12-,17-/m0000/s1. The van der Waals surface area contributed by atoms with E-state index in [4.69, 9.17) is 54.5 Å². The van der Waals surface area contributed by atoms with Crippen molar-refractivity contribution in [2.24, 2.45) is 98.3 Å². The number of rotatable bonds is 5. The van der Waals surface area contributed by atoms with Crippen molar-refractivity contribution in [2.45, 2.75) is 225 Å². The minimum absolute atomic E-state index is 0.0163. The van der Waals surface area contributed by atoms with Gasteiger partial charge < -0.3 is 39.1 Å². The van der Waals surface area contributed by atoms with E-state index in [1.165, 1.54) is 16.8 Å². The summed E-state index contributed by atoms with van der Waals surface area (Å²) in [6.45, 7) is 31.4. The Balaban J connectivity index is 0.000000116. The molecule has 26 nitrogen and oxygen atoms in total. The molecule has 17 rings (SSSR count). The van der Waals surface area contributed by atoms with Crippen LogP contribution in [0.25, 0.3) is 23.0 Å². The molecule has 3 spiro atoms. The first-order chi connectivity index (χ1) is 48.4. The summed E-state index contributed by atoms with van der Waals surface area (Å²) in [6, 6.07) is 0. The van der Waals surface area contributed by atoms with Gasteiger partial charge in [0.25, 0.3) is 11.8 Å². The summed E-state index contributed by atoms with van der Waals surface area (Å²) < 4.78 is 47.8. The summed E-state index contributed by atoms with van der Waals surface area (Å²) in [5, 5.41) is 28.5.